The molecule has 0 amide bonds. The van der Waals surface area contributed by atoms with E-state index < -0.39 is 0 Å². The lowest BCUT2D eigenvalue weighted by Crippen LogP contribution is -2.29. The molecule has 1 saturated heterocycles. The molecule has 0 N–H and O–H groups in total. The minimum absolute atomic E-state index is 0.650. The second-order valence-electron chi connectivity index (χ2n) is 8.04. The van der Waals surface area contributed by atoms with Gasteiger partial charge < -0.3 is 13.7 Å². The Bertz CT molecular complexity index is 1220. The van der Waals surface area contributed by atoms with Gasteiger partial charge in [-0.3, -0.25) is 4.90 Å². The highest BCUT2D eigenvalue weighted by Gasteiger charge is 2.20. The number of aromatic nitrogens is 3. The first kappa shape index (κ1) is 19.5. The third-order valence-corrected chi connectivity index (χ3v) is 5.91. The van der Waals surface area contributed by atoms with E-state index >= 15 is 0 Å². The van der Waals surface area contributed by atoms with Crippen molar-refractivity contribution in [1.29, 1.82) is 5.26 Å². The van der Waals surface area contributed by atoms with Gasteiger partial charge in [0.2, 0.25) is 0 Å². The molecule has 4 heterocycles. The van der Waals surface area contributed by atoms with Crippen molar-refractivity contribution >= 4 is 5.65 Å². The third-order valence-electron chi connectivity index (χ3n) is 5.91. The fourth-order valence-electron chi connectivity index (χ4n) is 4.15. The van der Waals surface area contributed by atoms with Crippen LogP contribution >= 0.6 is 0 Å². The predicted molar refractivity (Wildman–Crippen MR) is 118 cm³/mol. The maximum atomic E-state index is 9.16. The maximum Gasteiger partial charge on any atom is 0.181 e. The summed E-state index contributed by atoms with van der Waals surface area (Å²) in [5.74, 6) is 0.734. The Kier molecular flexibility index (Phi) is 5.24. The molecule has 0 aliphatic carbocycles. The van der Waals surface area contributed by atoms with E-state index in [9.17, 15) is 0 Å². The van der Waals surface area contributed by atoms with E-state index in [1.807, 2.05) is 36.4 Å². The minimum atomic E-state index is 0.650. The van der Waals surface area contributed by atoms with Crippen LogP contribution < -0.4 is 0 Å². The van der Waals surface area contributed by atoms with Crippen LogP contribution in [0.5, 0.6) is 0 Å². The fraction of sp³-hybridized carbons (Fsp3) is 0.292. The van der Waals surface area contributed by atoms with Crippen LogP contribution in [0, 0.1) is 11.3 Å². The molecule has 0 unspecified atom stereocenters. The van der Waals surface area contributed by atoms with Crippen molar-refractivity contribution in [3.63, 3.8) is 0 Å². The normalized spacial score (nSPS) is 15.7. The van der Waals surface area contributed by atoms with Gasteiger partial charge in [-0.1, -0.05) is 12.1 Å². The first-order valence-corrected chi connectivity index (χ1v) is 10.5. The van der Waals surface area contributed by atoms with Gasteiger partial charge in [-0.15, -0.1) is 0 Å². The largest absolute Gasteiger partial charge is 0.443 e. The van der Waals surface area contributed by atoms with Crippen LogP contribution in [0.4, 0.5) is 0 Å². The van der Waals surface area contributed by atoms with Gasteiger partial charge in [0, 0.05) is 37.0 Å². The molecule has 31 heavy (non-hydrogen) atoms. The van der Waals surface area contributed by atoms with Gasteiger partial charge in [0.15, 0.2) is 12.2 Å². The lowest BCUT2D eigenvalue weighted by Gasteiger charge is -2.20. The molecule has 1 fully saturated rings. The zero-order valence-electron chi connectivity index (χ0n) is 17.5. The molecule has 0 radical (unpaired) electrons. The van der Waals surface area contributed by atoms with Gasteiger partial charge >= 0.3 is 0 Å². The van der Waals surface area contributed by atoms with Crippen LogP contribution in [0.3, 0.4) is 0 Å². The van der Waals surface area contributed by atoms with Crippen molar-refractivity contribution in [3.8, 4) is 28.7 Å². The van der Waals surface area contributed by atoms with E-state index in [4.69, 9.17) is 14.7 Å². The van der Waals surface area contributed by atoms with E-state index in [1.54, 1.807) is 6.20 Å². The van der Waals surface area contributed by atoms with Crippen LogP contribution in [-0.2, 0) is 6.54 Å². The van der Waals surface area contributed by atoms with Crippen LogP contribution in [0.25, 0.3) is 28.2 Å². The Balaban J connectivity index is 1.60. The molecule has 4 aromatic rings. The summed E-state index contributed by atoms with van der Waals surface area (Å²) in [6, 6.07) is 13.9. The molecule has 1 aliphatic rings. The standard InChI is InChI=1S/C24H24N6O/c1-28-9-2-10-29(12-11-28)16-21-24(19-5-3-18(13-25)4-6-19)27-23-8-7-20(15-30(21)23)22-14-26-17-31-22/h3-8,14-15,17H,2,9-12,16H2,1H3. The summed E-state index contributed by atoms with van der Waals surface area (Å²) in [6.45, 7) is 5.09. The number of hydrogen-bond acceptors (Lipinski definition) is 6. The van der Waals surface area contributed by atoms with Crippen LogP contribution in [0.15, 0.2) is 59.6 Å². The van der Waals surface area contributed by atoms with Gasteiger partial charge in [-0.05, 0) is 50.8 Å². The van der Waals surface area contributed by atoms with Crippen molar-refractivity contribution in [2.75, 3.05) is 33.2 Å². The zero-order valence-corrected chi connectivity index (χ0v) is 17.5. The number of oxazole rings is 1. The Labute approximate surface area is 181 Å². The molecule has 1 aliphatic heterocycles. The summed E-state index contributed by atoms with van der Waals surface area (Å²) >= 11 is 0. The molecule has 7 heteroatoms. The second kappa shape index (κ2) is 8.34. The minimum Gasteiger partial charge on any atom is -0.443 e. The van der Waals surface area contributed by atoms with E-state index in [2.05, 4.69) is 38.5 Å². The SMILES string of the molecule is CN1CCCN(Cc2c(-c3ccc(C#N)cc3)nc3ccc(-c4cnco4)cn23)CC1. The van der Waals surface area contributed by atoms with Gasteiger partial charge in [0.05, 0.1) is 29.2 Å². The van der Waals surface area contributed by atoms with Crippen LogP contribution in [0.1, 0.15) is 17.7 Å². The zero-order chi connectivity index (χ0) is 21.2. The molecule has 3 aromatic heterocycles. The van der Waals surface area contributed by atoms with E-state index in [1.165, 1.54) is 6.39 Å². The number of benzene rings is 1. The van der Waals surface area contributed by atoms with Crippen molar-refractivity contribution in [2.45, 2.75) is 13.0 Å². The molecule has 0 spiro atoms. The molecule has 156 valence electrons. The summed E-state index contributed by atoms with van der Waals surface area (Å²) in [5.41, 5.74) is 5.63. The first-order chi connectivity index (χ1) is 15.2. The Hall–Kier alpha value is -3.47. The highest BCUT2D eigenvalue weighted by Crippen LogP contribution is 2.29. The smallest absolute Gasteiger partial charge is 0.181 e. The lowest BCUT2D eigenvalue weighted by molar-refractivity contribution is 0.266. The highest BCUT2D eigenvalue weighted by atomic mass is 16.3. The molecular weight excluding hydrogens is 388 g/mol. The van der Waals surface area contributed by atoms with E-state index in [0.717, 1.165) is 73.1 Å². The monoisotopic (exact) mass is 412 g/mol. The van der Waals surface area contributed by atoms with Crippen molar-refractivity contribution in [3.05, 3.63) is 66.4 Å². The molecule has 0 bridgehead atoms. The third kappa shape index (κ3) is 3.96. The van der Waals surface area contributed by atoms with Gasteiger partial charge in [-0.25, -0.2) is 9.97 Å². The average Bonchev–Trinajstić information content (AvgIpc) is 3.40. The number of likely N-dealkylation sites (N-methyl/N-ethyl adjacent to an activating group) is 1. The Morgan fingerprint density at radius 1 is 1.03 bits per heavy atom. The summed E-state index contributed by atoms with van der Waals surface area (Å²) in [4.78, 5) is 13.9. The number of fused-ring (bicyclic) bond motifs is 1. The number of nitriles is 1. The number of nitrogens with zero attached hydrogens (tertiary/aromatic N) is 6. The molecule has 1 aromatic carbocycles. The fourth-order valence-corrected chi connectivity index (χ4v) is 4.15. The van der Waals surface area contributed by atoms with Crippen molar-refractivity contribution < 1.29 is 4.42 Å². The molecule has 0 saturated carbocycles. The average molecular weight is 412 g/mol. The number of pyridine rings is 1. The molecular formula is C24H24N6O. The van der Waals surface area contributed by atoms with Gasteiger partial charge in [0.1, 0.15) is 5.65 Å². The molecule has 0 atom stereocenters. The van der Waals surface area contributed by atoms with Crippen molar-refractivity contribution in [2.24, 2.45) is 0 Å². The molecule has 7 nitrogen and oxygen atoms in total. The predicted octanol–water partition coefficient (Wildman–Crippen LogP) is 3.67. The summed E-state index contributed by atoms with van der Waals surface area (Å²) < 4.78 is 7.68. The Morgan fingerprint density at radius 2 is 1.87 bits per heavy atom. The van der Waals surface area contributed by atoms with Gasteiger partial charge in [-0.2, -0.15) is 5.26 Å². The van der Waals surface area contributed by atoms with E-state index in [0.29, 0.717) is 5.56 Å². The van der Waals surface area contributed by atoms with Crippen LogP contribution in [-0.4, -0.2) is 57.4 Å². The quantitative estimate of drug-likeness (QED) is 0.509. The van der Waals surface area contributed by atoms with Gasteiger partial charge in [0.25, 0.3) is 0 Å². The van der Waals surface area contributed by atoms with Crippen molar-refractivity contribution in [1.82, 2.24) is 24.2 Å². The summed E-state index contributed by atoms with van der Waals surface area (Å²) in [7, 11) is 2.18. The summed E-state index contributed by atoms with van der Waals surface area (Å²) in [5, 5.41) is 9.16. The Morgan fingerprint density at radius 3 is 2.65 bits per heavy atom. The number of imidazole rings is 1. The first-order valence-electron chi connectivity index (χ1n) is 10.5. The second-order valence-corrected chi connectivity index (χ2v) is 8.04. The summed E-state index contributed by atoms with van der Waals surface area (Å²) in [6.07, 6.45) is 6.41. The number of hydrogen-bond donors (Lipinski definition) is 0. The van der Waals surface area contributed by atoms with E-state index in [-0.39, 0.29) is 0 Å². The lowest BCUT2D eigenvalue weighted by atomic mass is 10.1. The maximum absolute atomic E-state index is 9.16. The van der Waals surface area contributed by atoms with Crippen LogP contribution in [0.2, 0.25) is 0 Å². The highest BCUT2D eigenvalue weighted by molar-refractivity contribution is 5.69. The topological polar surface area (TPSA) is 73.6 Å². The number of rotatable bonds is 4. The molecule has 5 rings (SSSR count).